The first kappa shape index (κ1) is 18.6. The number of hydrogen-bond donors (Lipinski definition) is 2. The number of alkyl halides is 3. The molecule has 5 nitrogen and oxygen atoms in total. The zero-order valence-corrected chi connectivity index (χ0v) is 14.7. The zero-order valence-electron chi connectivity index (χ0n) is 12.3. The molecule has 12 heteroatoms. The number of fused-ring (bicyclic) bond motifs is 1. The molecule has 0 spiro atoms. The first-order valence-electron chi connectivity index (χ1n) is 6.71. The van der Waals surface area contributed by atoms with E-state index in [1.807, 2.05) is 0 Å². The number of aromatic amines is 1. The molecule has 2 N–H and O–H groups in total. The van der Waals surface area contributed by atoms with E-state index >= 15 is 0 Å². The number of benzene rings is 1. The molecule has 0 saturated heterocycles. The molecule has 0 radical (unpaired) electrons. The SMILES string of the molecule is O=S(=O)(Nc1c(F)cc(C(F)(F)F)cc1F)c1c[nH]c2ncc(Br)cc12. The normalized spacial score (nSPS) is 12.5. The summed E-state index contributed by atoms with van der Waals surface area (Å²) < 4.78 is 92.5. The molecule has 0 bridgehead atoms. The molecular weight excluding hydrogens is 449 g/mol. The van der Waals surface area contributed by atoms with Gasteiger partial charge >= 0.3 is 6.18 Å². The van der Waals surface area contributed by atoms with Crippen LogP contribution in [0.5, 0.6) is 0 Å². The van der Waals surface area contributed by atoms with Crippen LogP contribution in [0.2, 0.25) is 0 Å². The maximum atomic E-state index is 13.9. The smallest absolute Gasteiger partial charge is 0.345 e. The first-order chi connectivity index (χ1) is 12.0. The van der Waals surface area contributed by atoms with Crippen molar-refractivity contribution in [3.8, 4) is 0 Å². The first-order valence-corrected chi connectivity index (χ1v) is 8.98. The lowest BCUT2D eigenvalue weighted by atomic mass is 10.2. The van der Waals surface area contributed by atoms with E-state index in [-0.39, 0.29) is 28.1 Å². The molecule has 138 valence electrons. The van der Waals surface area contributed by atoms with Gasteiger partial charge in [-0.3, -0.25) is 4.72 Å². The van der Waals surface area contributed by atoms with Crippen LogP contribution < -0.4 is 4.72 Å². The number of H-pyrrole nitrogens is 1. The summed E-state index contributed by atoms with van der Waals surface area (Å²) in [5.74, 6) is -3.39. The van der Waals surface area contributed by atoms with Gasteiger partial charge in [0.2, 0.25) is 0 Å². The van der Waals surface area contributed by atoms with Crippen molar-refractivity contribution in [3.05, 3.63) is 52.3 Å². The second kappa shape index (κ2) is 6.20. The molecule has 0 aliphatic carbocycles. The fraction of sp³-hybridized carbons (Fsp3) is 0.0714. The fourth-order valence-electron chi connectivity index (χ4n) is 2.20. The average Bonchev–Trinajstić information content (AvgIpc) is 2.93. The van der Waals surface area contributed by atoms with Crippen molar-refractivity contribution < 1.29 is 30.4 Å². The lowest BCUT2D eigenvalue weighted by molar-refractivity contribution is -0.137. The van der Waals surface area contributed by atoms with Gasteiger partial charge in [-0.1, -0.05) is 0 Å². The van der Waals surface area contributed by atoms with Crippen molar-refractivity contribution in [3.63, 3.8) is 0 Å². The van der Waals surface area contributed by atoms with E-state index in [1.54, 1.807) is 4.72 Å². The van der Waals surface area contributed by atoms with E-state index in [9.17, 15) is 30.4 Å². The van der Waals surface area contributed by atoms with E-state index < -0.39 is 39.1 Å². The minimum Gasteiger partial charge on any atom is -0.345 e. The van der Waals surface area contributed by atoms with Crippen LogP contribution in [0.15, 0.2) is 40.0 Å². The average molecular weight is 456 g/mol. The van der Waals surface area contributed by atoms with Crippen LogP contribution in [0.1, 0.15) is 5.56 Å². The minimum atomic E-state index is -4.98. The molecule has 2 heterocycles. The van der Waals surface area contributed by atoms with Crippen LogP contribution in [-0.2, 0) is 16.2 Å². The summed E-state index contributed by atoms with van der Waals surface area (Å²) in [5.41, 5.74) is -2.59. The predicted octanol–water partition coefficient (Wildman–Crippen LogP) is 4.42. The van der Waals surface area contributed by atoms with Gasteiger partial charge in [0.25, 0.3) is 10.0 Å². The number of hydrogen-bond acceptors (Lipinski definition) is 3. The van der Waals surface area contributed by atoms with E-state index in [0.717, 1.165) is 6.20 Å². The number of nitrogens with one attached hydrogen (secondary N) is 2. The second-order valence-electron chi connectivity index (χ2n) is 5.12. The lowest BCUT2D eigenvalue weighted by Crippen LogP contribution is -2.16. The van der Waals surface area contributed by atoms with Gasteiger partial charge in [0.05, 0.1) is 5.56 Å². The highest BCUT2D eigenvalue weighted by molar-refractivity contribution is 9.10. The van der Waals surface area contributed by atoms with Gasteiger partial charge in [0.15, 0.2) is 11.6 Å². The van der Waals surface area contributed by atoms with Crippen molar-refractivity contribution in [1.29, 1.82) is 0 Å². The van der Waals surface area contributed by atoms with Gasteiger partial charge in [0, 0.05) is 22.3 Å². The number of halogens is 6. The van der Waals surface area contributed by atoms with Crippen LogP contribution in [0, 0.1) is 11.6 Å². The second-order valence-corrected chi connectivity index (χ2v) is 7.69. The minimum absolute atomic E-state index is 0.00824. The molecule has 0 amide bonds. The standard InChI is InChI=1S/C14H7BrF5N3O2S/c15-7-3-8-11(5-22-13(8)21-4-7)26(24,25)23-12-9(16)1-6(2-10(12)17)14(18,19)20/h1-5,23H,(H,21,22). The Morgan fingerprint density at radius 3 is 2.31 bits per heavy atom. The van der Waals surface area contributed by atoms with Gasteiger partial charge in [-0.05, 0) is 34.1 Å². The Balaban J connectivity index is 2.06. The molecule has 3 rings (SSSR count). The summed E-state index contributed by atoms with van der Waals surface area (Å²) >= 11 is 3.12. The van der Waals surface area contributed by atoms with Crippen molar-refractivity contribution in [2.24, 2.45) is 0 Å². The van der Waals surface area contributed by atoms with Crippen molar-refractivity contribution in [1.82, 2.24) is 9.97 Å². The third-order valence-electron chi connectivity index (χ3n) is 3.36. The largest absolute Gasteiger partial charge is 0.416 e. The quantitative estimate of drug-likeness (QED) is 0.574. The topological polar surface area (TPSA) is 74.8 Å². The third kappa shape index (κ3) is 3.38. The number of nitrogens with zero attached hydrogens (tertiary/aromatic N) is 1. The van der Waals surface area contributed by atoms with Gasteiger partial charge in [-0.2, -0.15) is 13.2 Å². The van der Waals surface area contributed by atoms with Crippen molar-refractivity contribution in [2.75, 3.05) is 4.72 Å². The monoisotopic (exact) mass is 455 g/mol. The fourth-order valence-corrected chi connectivity index (χ4v) is 3.76. The lowest BCUT2D eigenvalue weighted by Gasteiger charge is -2.12. The number of sulfonamides is 1. The summed E-state index contributed by atoms with van der Waals surface area (Å²) in [6.45, 7) is 0. The van der Waals surface area contributed by atoms with Gasteiger partial charge < -0.3 is 4.98 Å². The van der Waals surface area contributed by atoms with E-state index in [2.05, 4.69) is 25.9 Å². The number of anilines is 1. The molecular formula is C14H7BrF5N3O2S. The predicted molar refractivity (Wildman–Crippen MR) is 86.0 cm³/mol. The summed E-state index contributed by atoms with van der Waals surface area (Å²) in [4.78, 5) is 6.13. The molecule has 1 aromatic carbocycles. The van der Waals surface area contributed by atoms with Crippen LogP contribution in [-0.4, -0.2) is 18.4 Å². The van der Waals surface area contributed by atoms with E-state index in [1.165, 1.54) is 12.3 Å². The van der Waals surface area contributed by atoms with Crippen LogP contribution in [0.3, 0.4) is 0 Å². The summed E-state index contributed by atoms with van der Waals surface area (Å²) in [6.07, 6.45) is -2.53. The Hall–Kier alpha value is -2.21. The van der Waals surface area contributed by atoms with Crippen molar-refractivity contribution in [2.45, 2.75) is 11.1 Å². The highest BCUT2D eigenvalue weighted by atomic mass is 79.9. The number of aromatic nitrogens is 2. The van der Waals surface area contributed by atoms with Crippen LogP contribution >= 0.6 is 15.9 Å². The zero-order chi connectivity index (χ0) is 19.3. The molecule has 0 aliphatic heterocycles. The van der Waals surface area contributed by atoms with Gasteiger partial charge in [-0.25, -0.2) is 22.2 Å². The maximum absolute atomic E-state index is 13.9. The van der Waals surface area contributed by atoms with Crippen LogP contribution in [0.25, 0.3) is 11.0 Å². The van der Waals surface area contributed by atoms with Gasteiger partial charge in [0.1, 0.15) is 16.2 Å². The number of pyridine rings is 1. The van der Waals surface area contributed by atoms with Crippen LogP contribution in [0.4, 0.5) is 27.6 Å². The summed E-state index contributed by atoms with van der Waals surface area (Å²) in [6, 6.07) is 1.43. The third-order valence-corrected chi connectivity index (χ3v) is 5.18. The number of rotatable bonds is 3. The Labute approximate surface area is 151 Å². The van der Waals surface area contributed by atoms with Crippen molar-refractivity contribution >= 4 is 42.7 Å². The highest BCUT2D eigenvalue weighted by Gasteiger charge is 2.33. The molecule has 0 unspecified atom stereocenters. The Morgan fingerprint density at radius 1 is 1.12 bits per heavy atom. The maximum Gasteiger partial charge on any atom is 0.416 e. The Kier molecular flexibility index (Phi) is 4.43. The van der Waals surface area contributed by atoms with E-state index in [0.29, 0.717) is 4.47 Å². The van der Waals surface area contributed by atoms with Gasteiger partial charge in [-0.15, -0.1) is 0 Å². The Morgan fingerprint density at radius 2 is 1.73 bits per heavy atom. The molecule has 2 aromatic heterocycles. The van der Waals surface area contributed by atoms with E-state index in [4.69, 9.17) is 0 Å². The highest BCUT2D eigenvalue weighted by Crippen LogP contribution is 2.34. The molecule has 26 heavy (non-hydrogen) atoms. The molecule has 0 saturated carbocycles. The summed E-state index contributed by atoms with van der Waals surface area (Å²) in [5, 5.41) is 0.125. The molecule has 3 aromatic rings. The molecule has 0 atom stereocenters. The molecule has 0 aliphatic rings. The Bertz CT molecular complexity index is 1090. The summed E-state index contributed by atoms with van der Waals surface area (Å²) in [7, 11) is -4.51. The molecule has 0 fully saturated rings.